The number of hydrogen-bond donors (Lipinski definition) is 2. The van der Waals surface area contributed by atoms with Crippen LogP contribution in [0.15, 0.2) is 24.3 Å². The average molecular weight is 262 g/mol. The van der Waals surface area contributed by atoms with Gasteiger partial charge in [-0.2, -0.15) is 0 Å². The van der Waals surface area contributed by atoms with Crippen molar-refractivity contribution in [3.63, 3.8) is 0 Å². The van der Waals surface area contributed by atoms with Crippen LogP contribution < -0.4 is 5.32 Å². The van der Waals surface area contributed by atoms with E-state index in [4.69, 9.17) is 0 Å². The normalized spacial score (nSPS) is 19.3. The largest absolute Gasteiger partial charge is 0.394 e. The second-order valence-corrected chi connectivity index (χ2v) is 5.77. The van der Waals surface area contributed by atoms with E-state index in [1.54, 1.807) is 0 Å². The third-order valence-corrected chi connectivity index (χ3v) is 4.08. The van der Waals surface area contributed by atoms with Crippen LogP contribution in [0.1, 0.15) is 31.7 Å². The Labute approximate surface area is 116 Å². The van der Waals surface area contributed by atoms with E-state index in [0.717, 1.165) is 31.6 Å². The van der Waals surface area contributed by atoms with Crippen LogP contribution in [0.5, 0.6) is 0 Å². The highest BCUT2D eigenvalue weighted by Crippen LogP contribution is 2.27. The minimum absolute atomic E-state index is 0.141. The number of benzene rings is 1. The van der Waals surface area contributed by atoms with Gasteiger partial charge in [-0.3, -0.25) is 0 Å². The van der Waals surface area contributed by atoms with Gasteiger partial charge in [0.25, 0.3) is 0 Å². The summed E-state index contributed by atoms with van der Waals surface area (Å²) in [6, 6.07) is 8.40. The fourth-order valence-corrected chi connectivity index (χ4v) is 2.87. The quantitative estimate of drug-likeness (QED) is 0.856. The van der Waals surface area contributed by atoms with Gasteiger partial charge in [-0.15, -0.1) is 0 Å². The van der Waals surface area contributed by atoms with Crippen molar-refractivity contribution in [1.82, 2.24) is 4.90 Å². The number of hydrogen-bond acceptors (Lipinski definition) is 3. The summed E-state index contributed by atoms with van der Waals surface area (Å²) < 4.78 is 0. The van der Waals surface area contributed by atoms with Crippen molar-refractivity contribution in [3.05, 3.63) is 29.8 Å². The summed E-state index contributed by atoms with van der Waals surface area (Å²) in [5.41, 5.74) is 2.23. The summed E-state index contributed by atoms with van der Waals surface area (Å²) in [6.07, 6.45) is 3.23. The van der Waals surface area contributed by atoms with Crippen molar-refractivity contribution in [3.8, 4) is 0 Å². The highest BCUT2D eigenvalue weighted by Gasteiger charge is 2.33. The number of anilines is 1. The summed E-state index contributed by atoms with van der Waals surface area (Å²) in [7, 11) is 0. The van der Waals surface area contributed by atoms with Crippen LogP contribution in [0.4, 0.5) is 5.69 Å². The van der Waals surface area contributed by atoms with Gasteiger partial charge in [0.1, 0.15) is 0 Å². The van der Waals surface area contributed by atoms with Crippen molar-refractivity contribution in [2.45, 2.75) is 38.6 Å². The number of aliphatic hydroxyl groups excluding tert-OH is 1. The Morgan fingerprint density at radius 2 is 2.05 bits per heavy atom. The molecular weight excluding hydrogens is 236 g/mol. The zero-order chi connectivity index (χ0) is 13.7. The van der Waals surface area contributed by atoms with Crippen LogP contribution in [-0.2, 0) is 0 Å². The first-order valence-electron chi connectivity index (χ1n) is 7.35. The number of aliphatic hydroxyl groups is 1. The Bertz CT molecular complexity index is 397. The molecule has 3 nitrogen and oxygen atoms in total. The van der Waals surface area contributed by atoms with Crippen LogP contribution in [-0.4, -0.2) is 41.8 Å². The summed E-state index contributed by atoms with van der Waals surface area (Å²) in [5.74, 6) is 0. The van der Waals surface area contributed by atoms with Gasteiger partial charge >= 0.3 is 0 Å². The average Bonchev–Trinajstić information content (AvgIpc) is 2.42. The number of nitrogens with one attached hydrogen (secondary N) is 1. The number of aryl methyl sites for hydroxylation is 1. The molecule has 0 spiro atoms. The van der Waals surface area contributed by atoms with Gasteiger partial charge in [0, 0.05) is 18.8 Å². The van der Waals surface area contributed by atoms with Crippen molar-refractivity contribution in [1.29, 1.82) is 0 Å². The molecule has 0 radical (unpaired) electrons. The molecule has 0 amide bonds. The fourth-order valence-electron chi connectivity index (χ4n) is 2.87. The molecule has 2 rings (SSSR count). The summed E-state index contributed by atoms with van der Waals surface area (Å²) in [6.45, 7) is 7.85. The fraction of sp³-hybridized carbons (Fsp3) is 0.625. The van der Waals surface area contributed by atoms with Gasteiger partial charge < -0.3 is 15.3 Å². The van der Waals surface area contributed by atoms with Crippen LogP contribution in [0, 0.1) is 6.92 Å². The Morgan fingerprint density at radius 1 is 1.32 bits per heavy atom. The van der Waals surface area contributed by atoms with E-state index in [9.17, 15) is 5.11 Å². The smallest absolute Gasteiger partial charge is 0.0662 e. The molecule has 1 aromatic rings. The molecule has 0 aliphatic carbocycles. The minimum Gasteiger partial charge on any atom is -0.394 e. The third kappa shape index (κ3) is 3.71. The molecule has 0 aromatic heterocycles. The lowest BCUT2D eigenvalue weighted by Crippen LogP contribution is -2.51. The van der Waals surface area contributed by atoms with Crippen LogP contribution >= 0.6 is 0 Å². The highest BCUT2D eigenvalue weighted by molar-refractivity contribution is 5.48. The van der Waals surface area contributed by atoms with E-state index < -0.39 is 0 Å². The highest BCUT2D eigenvalue weighted by atomic mass is 16.3. The SMILES string of the molecule is CCCN1CCC(CO)(Nc2cccc(C)c2)CC1. The van der Waals surface area contributed by atoms with Gasteiger partial charge in [0.2, 0.25) is 0 Å². The summed E-state index contributed by atoms with van der Waals surface area (Å²) >= 11 is 0. The zero-order valence-corrected chi connectivity index (χ0v) is 12.2. The van der Waals surface area contributed by atoms with Gasteiger partial charge in [0.15, 0.2) is 0 Å². The van der Waals surface area contributed by atoms with Crippen molar-refractivity contribution in [2.24, 2.45) is 0 Å². The minimum atomic E-state index is -0.141. The second kappa shape index (κ2) is 6.40. The van der Waals surface area contributed by atoms with Crippen LogP contribution in [0.2, 0.25) is 0 Å². The summed E-state index contributed by atoms with van der Waals surface area (Å²) in [4.78, 5) is 2.49. The summed E-state index contributed by atoms with van der Waals surface area (Å²) in [5, 5.41) is 13.4. The van der Waals surface area contributed by atoms with E-state index in [1.165, 1.54) is 18.5 Å². The lowest BCUT2D eigenvalue weighted by Gasteiger charge is -2.42. The monoisotopic (exact) mass is 262 g/mol. The van der Waals surface area contributed by atoms with E-state index in [0.29, 0.717) is 0 Å². The van der Waals surface area contributed by atoms with Crippen molar-refractivity contribution in [2.75, 3.05) is 31.6 Å². The maximum atomic E-state index is 9.81. The van der Waals surface area contributed by atoms with Gasteiger partial charge in [-0.05, 0) is 50.4 Å². The zero-order valence-electron chi connectivity index (χ0n) is 12.2. The van der Waals surface area contributed by atoms with Gasteiger partial charge in [0.05, 0.1) is 12.1 Å². The van der Waals surface area contributed by atoms with E-state index in [2.05, 4.69) is 48.3 Å². The first-order chi connectivity index (χ1) is 9.17. The lowest BCUT2D eigenvalue weighted by molar-refractivity contribution is 0.119. The Balaban J connectivity index is 2.00. The Hall–Kier alpha value is -1.06. The predicted octanol–water partition coefficient (Wildman–Crippen LogP) is 2.64. The van der Waals surface area contributed by atoms with Crippen LogP contribution in [0.25, 0.3) is 0 Å². The number of rotatable bonds is 5. The first-order valence-corrected chi connectivity index (χ1v) is 7.35. The van der Waals surface area contributed by atoms with Gasteiger partial charge in [-0.25, -0.2) is 0 Å². The molecule has 0 saturated carbocycles. The number of nitrogens with zero attached hydrogens (tertiary/aromatic N) is 1. The third-order valence-electron chi connectivity index (χ3n) is 4.08. The molecule has 3 heteroatoms. The molecule has 1 aliphatic heterocycles. The van der Waals surface area contributed by atoms with E-state index >= 15 is 0 Å². The molecule has 2 N–H and O–H groups in total. The molecular formula is C16H26N2O. The Morgan fingerprint density at radius 3 is 2.63 bits per heavy atom. The Kier molecular flexibility index (Phi) is 4.83. The molecule has 19 heavy (non-hydrogen) atoms. The maximum Gasteiger partial charge on any atom is 0.0662 e. The first kappa shape index (κ1) is 14.4. The predicted molar refractivity (Wildman–Crippen MR) is 80.6 cm³/mol. The van der Waals surface area contributed by atoms with E-state index in [1.807, 2.05) is 0 Å². The molecule has 1 aromatic carbocycles. The number of piperidine rings is 1. The molecule has 0 unspecified atom stereocenters. The molecule has 106 valence electrons. The molecule has 1 saturated heterocycles. The maximum absolute atomic E-state index is 9.81. The molecule has 1 aliphatic rings. The topological polar surface area (TPSA) is 35.5 Å². The van der Waals surface area contributed by atoms with Crippen LogP contribution in [0.3, 0.4) is 0 Å². The molecule has 1 heterocycles. The second-order valence-electron chi connectivity index (χ2n) is 5.77. The molecule has 1 fully saturated rings. The molecule has 0 bridgehead atoms. The number of likely N-dealkylation sites (tertiary alicyclic amines) is 1. The van der Waals surface area contributed by atoms with Crippen molar-refractivity contribution < 1.29 is 5.11 Å². The van der Waals surface area contributed by atoms with E-state index in [-0.39, 0.29) is 12.1 Å². The standard InChI is InChI=1S/C16H26N2O/c1-3-9-18-10-7-16(13-19,8-11-18)17-15-6-4-5-14(2)12-15/h4-6,12,17,19H,3,7-11,13H2,1-2H3. The lowest BCUT2D eigenvalue weighted by atomic mass is 9.87. The van der Waals surface area contributed by atoms with Gasteiger partial charge in [-0.1, -0.05) is 19.1 Å². The van der Waals surface area contributed by atoms with Crippen molar-refractivity contribution >= 4 is 5.69 Å². The molecule has 0 atom stereocenters.